The summed E-state index contributed by atoms with van der Waals surface area (Å²) in [7, 11) is 0. The smallest absolute Gasteiger partial charge is 0.306 e. The van der Waals surface area contributed by atoms with Gasteiger partial charge in [0.1, 0.15) is 6.10 Å². The molecule has 0 fully saturated rings. The summed E-state index contributed by atoms with van der Waals surface area (Å²) in [5.41, 5.74) is 0. The number of rotatable bonds is 32. The lowest BCUT2D eigenvalue weighted by atomic mass is 10.1. The van der Waals surface area contributed by atoms with Gasteiger partial charge in [-0.25, -0.2) is 0 Å². The fourth-order valence-electron chi connectivity index (χ4n) is 4.71. The lowest BCUT2D eigenvalue weighted by Crippen LogP contribution is -2.27. The molecule has 0 radical (unpaired) electrons. The minimum absolute atomic E-state index is 0.176. The molecule has 1 atom stereocenters. The SMILES string of the molecule is CC/C=C\C/C=C\C/C=C\C/C=C\C/C=C\CCCCCCCCCCCC(=O)OC(CO)COCCCCCCCC. The Balaban J connectivity index is 3.47. The van der Waals surface area contributed by atoms with Crippen LogP contribution in [0, 0.1) is 0 Å². The van der Waals surface area contributed by atoms with E-state index in [1.54, 1.807) is 0 Å². The molecule has 0 aliphatic rings. The quantitative estimate of drug-likeness (QED) is 0.0474. The van der Waals surface area contributed by atoms with Gasteiger partial charge in [0.15, 0.2) is 0 Å². The molecule has 0 aromatic heterocycles. The normalized spacial score (nSPS) is 13.1. The first kappa shape index (κ1) is 41.1. The lowest BCUT2D eigenvalue weighted by molar-refractivity contribution is -0.154. The van der Waals surface area contributed by atoms with Gasteiger partial charge in [0.2, 0.25) is 0 Å². The van der Waals surface area contributed by atoms with E-state index in [2.05, 4.69) is 74.6 Å². The number of aliphatic hydroxyl groups is 1. The third-order valence-corrected chi connectivity index (χ3v) is 7.36. The summed E-state index contributed by atoms with van der Waals surface area (Å²) in [5.74, 6) is -0.213. The molecular weight excluding hydrogens is 532 g/mol. The van der Waals surface area contributed by atoms with Crippen LogP contribution in [0.3, 0.4) is 0 Å². The van der Waals surface area contributed by atoms with Crippen molar-refractivity contribution in [2.75, 3.05) is 19.8 Å². The van der Waals surface area contributed by atoms with Crippen LogP contribution in [0.4, 0.5) is 0 Å². The molecule has 248 valence electrons. The van der Waals surface area contributed by atoms with Crippen LogP contribution >= 0.6 is 0 Å². The number of esters is 1. The molecule has 1 N–H and O–H groups in total. The number of carbonyl (C=O) groups is 1. The molecule has 0 aromatic carbocycles. The van der Waals surface area contributed by atoms with E-state index in [4.69, 9.17) is 9.47 Å². The van der Waals surface area contributed by atoms with Crippen molar-refractivity contribution in [3.8, 4) is 0 Å². The molecule has 0 aliphatic heterocycles. The van der Waals surface area contributed by atoms with Gasteiger partial charge in [-0.1, -0.05) is 152 Å². The second-order valence-electron chi connectivity index (χ2n) is 11.6. The van der Waals surface area contributed by atoms with Gasteiger partial charge in [-0.3, -0.25) is 4.79 Å². The first-order chi connectivity index (χ1) is 21.2. The van der Waals surface area contributed by atoms with Crippen LogP contribution in [0.25, 0.3) is 0 Å². The number of hydrogen-bond acceptors (Lipinski definition) is 4. The summed E-state index contributed by atoms with van der Waals surface area (Å²) in [6.07, 6.45) is 47.0. The minimum atomic E-state index is -0.534. The fourth-order valence-corrected chi connectivity index (χ4v) is 4.71. The maximum atomic E-state index is 12.1. The number of aliphatic hydroxyl groups excluding tert-OH is 1. The van der Waals surface area contributed by atoms with Crippen molar-refractivity contribution in [3.05, 3.63) is 60.8 Å². The van der Waals surface area contributed by atoms with Crippen LogP contribution in [-0.4, -0.2) is 37.0 Å². The first-order valence-electron chi connectivity index (χ1n) is 17.9. The van der Waals surface area contributed by atoms with Gasteiger partial charge in [-0.2, -0.15) is 0 Å². The maximum Gasteiger partial charge on any atom is 0.306 e. The Morgan fingerprint density at radius 2 is 1.05 bits per heavy atom. The molecule has 0 bridgehead atoms. The van der Waals surface area contributed by atoms with Gasteiger partial charge in [-0.15, -0.1) is 0 Å². The third-order valence-electron chi connectivity index (χ3n) is 7.36. The number of ether oxygens (including phenoxy) is 2. The molecular formula is C39H68O4. The largest absolute Gasteiger partial charge is 0.457 e. The molecule has 43 heavy (non-hydrogen) atoms. The highest BCUT2D eigenvalue weighted by atomic mass is 16.6. The van der Waals surface area contributed by atoms with Crippen LogP contribution in [-0.2, 0) is 14.3 Å². The van der Waals surface area contributed by atoms with Crippen molar-refractivity contribution in [2.24, 2.45) is 0 Å². The van der Waals surface area contributed by atoms with E-state index in [1.807, 2.05) is 0 Å². The molecule has 1 unspecified atom stereocenters. The zero-order chi connectivity index (χ0) is 31.3. The average Bonchev–Trinajstić information content (AvgIpc) is 3.01. The summed E-state index contributed by atoms with van der Waals surface area (Å²) < 4.78 is 11.0. The number of carbonyl (C=O) groups excluding carboxylic acids is 1. The Labute approximate surface area is 266 Å². The summed E-state index contributed by atoms with van der Waals surface area (Å²) in [6, 6.07) is 0. The maximum absolute atomic E-state index is 12.1. The molecule has 0 saturated heterocycles. The molecule has 0 amide bonds. The predicted octanol–water partition coefficient (Wildman–Crippen LogP) is 11.3. The first-order valence-corrected chi connectivity index (χ1v) is 17.9. The third kappa shape index (κ3) is 34.4. The topological polar surface area (TPSA) is 55.8 Å². The molecule has 0 rings (SSSR count). The lowest BCUT2D eigenvalue weighted by Gasteiger charge is -2.15. The van der Waals surface area contributed by atoms with E-state index < -0.39 is 6.10 Å². The van der Waals surface area contributed by atoms with E-state index in [0.29, 0.717) is 19.6 Å². The second kappa shape index (κ2) is 36.3. The molecule has 0 heterocycles. The van der Waals surface area contributed by atoms with Gasteiger partial charge >= 0.3 is 5.97 Å². The summed E-state index contributed by atoms with van der Waals surface area (Å²) in [6.45, 7) is 5.17. The van der Waals surface area contributed by atoms with Gasteiger partial charge in [0.05, 0.1) is 13.2 Å². The zero-order valence-corrected chi connectivity index (χ0v) is 28.2. The summed E-state index contributed by atoms with van der Waals surface area (Å²) in [5, 5.41) is 9.47. The highest BCUT2D eigenvalue weighted by Gasteiger charge is 2.13. The van der Waals surface area contributed by atoms with Crippen molar-refractivity contribution in [1.82, 2.24) is 0 Å². The van der Waals surface area contributed by atoms with Gasteiger partial charge < -0.3 is 14.6 Å². The molecule has 0 aliphatic carbocycles. The standard InChI is InChI=1S/C39H68O4/c1-3-5-7-9-11-12-13-14-15-16-17-18-19-20-21-22-23-24-25-26-27-28-29-30-32-34-39(41)43-38(36-40)37-42-35-33-31-10-8-6-4-2/h5,7,11-12,14-15,17-18,20-21,38,40H,3-4,6,8-10,13,16,19,22-37H2,1-2H3/b7-5-,12-11-,15-14-,18-17-,21-20-. The Hall–Kier alpha value is -1.91. The van der Waals surface area contributed by atoms with Crippen molar-refractivity contribution in [2.45, 2.75) is 161 Å². The number of unbranched alkanes of at least 4 members (excludes halogenated alkanes) is 14. The van der Waals surface area contributed by atoms with Crippen LogP contribution in [0.1, 0.15) is 155 Å². The Bertz CT molecular complexity index is 719. The van der Waals surface area contributed by atoms with E-state index in [0.717, 1.165) is 51.4 Å². The Morgan fingerprint density at radius 3 is 1.58 bits per heavy atom. The van der Waals surface area contributed by atoms with Gasteiger partial charge in [0, 0.05) is 13.0 Å². The molecule has 4 heteroatoms. The highest BCUT2D eigenvalue weighted by Crippen LogP contribution is 2.12. The van der Waals surface area contributed by atoms with Crippen LogP contribution < -0.4 is 0 Å². The Kier molecular flexibility index (Phi) is 34.7. The molecule has 0 aromatic rings. The summed E-state index contributed by atoms with van der Waals surface area (Å²) in [4.78, 5) is 12.1. The number of hydrogen-bond donors (Lipinski definition) is 1. The predicted molar refractivity (Wildman–Crippen MR) is 186 cm³/mol. The minimum Gasteiger partial charge on any atom is -0.457 e. The van der Waals surface area contributed by atoms with Crippen molar-refractivity contribution >= 4 is 5.97 Å². The van der Waals surface area contributed by atoms with Crippen LogP contribution in [0.15, 0.2) is 60.8 Å². The van der Waals surface area contributed by atoms with E-state index in [9.17, 15) is 9.90 Å². The number of allylic oxidation sites excluding steroid dienone is 10. The van der Waals surface area contributed by atoms with Crippen molar-refractivity contribution in [3.63, 3.8) is 0 Å². The second-order valence-corrected chi connectivity index (χ2v) is 11.6. The van der Waals surface area contributed by atoms with E-state index in [-0.39, 0.29) is 12.6 Å². The van der Waals surface area contributed by atoms with Crippen molar-refractivity contribution < 1.29 is 19.4 Å². The van der Waals surface area contributed by atoms with Crippen LogP contribution in [0.2, 0.25) is 0 Å². The van der Waals surface area contributed by atoms with E-state index >= 15 is 0 Å². The monoisotopic (exact) mass is 601 g/mol. The molecule has 4 nitrogen and oxygen atoms in total. The molecule has 0 spiro atoms. The zero-order valence-electron chi connectivity index (χ0n) is 28.2. The van der Waals surface area contributed by atoms with Crippen molar-refractivity contribution in [1.29, 1.82) is 0 Å². The van der Waals surface area contributed by atoms with Gasteiger partial charge in [-0.05, 0) is 57.8 Å². The highest BCUT2D eigenvalue weighted by molar-refractivity contribution is 5.69. The van der Waals surface area contributed by atoms with E-state index in [1.165, 1.54) is 83.5 Å². The molecule has 0 saturated carbocycles. The van der Waals surface area contributed by atoms with Crippen LogP contribution in [0.5, 0.6) is 0 Å². The fraction of sp³-hybridized carbons (Fsp3) is 0.718. The summed E-state index contributed by atoms with van der Waals surface area (Å²) >= 11 is 0. The average molecular weight is 601 g/mol. The van der Waals surface area contributed by atoms with Gasteiger partial charge in [0.25, 0.3) is 0 Å². The Morgan fingerprint density at radius 1 is 0.581 bits per heavy atom.